The molecule has 1 aliphatic rings. The van der Waals surface area contributed by atoms with Gasteiger partial charge in [-0.1, -0.05) is 29.8 Å². The largest absolute Gasteiger partial charge is 0.416 e. The third kappa shape index (κ3) is 4.13. The second-order valence-electron chi connectivity index (χ2n) is 7.11. The van der Waals surface area contributed by atoms with Crippen molar-refractivity contribution in [1.29, 1.82) is 0 Å². The van der Waals surface area contributed by atoms with Gasteiger partial charge in [-0.2, -0.15) is 18.3 Å². The van der Waals surface area contributed by atoms with E-state index < -0.39 is 29.6 Å². The van der Waals surface area contributed by atoms with Gasteiger partial charge in [-0.05, 0) is 37.3 Å². The molecule has 2 N–H and O–H groups in total. The standard InChI is InChI=1S/C21H16ClF3N4O2/c1-11-18(12-4-2-6-14(22)8-12)28-29-16(10-17(30)27-19(11)29)20(31)26-15-7-3-5-13(9-15)21(23,24)25/h2-9,16H,10H2,1H3,(H,26,31)(H,27,30)/t16-/m0/s1. The lowest BCUT2D eigenvalue weighted by molar-refractivity contribution is -0.137. The van der Waals surface area contributed by atoms with Gasteiger partial charge in [0.1, 0.15) is 11.9 Å². The molecule has 160 valence electrons. The van der Waals surface area contributed by atoms with Crippen molar-refractivity contribution in [3.05, 3.63) is 64.7 Å². The van der Waals surface area contributed by atoms with Crippen LogP contribution in [-0.4, -0.2) is 21.6 Å². The lowest BCUT2D eigenvalue weighted by atomic mass is 10.1. The first kappa shape index (κ1) is 20.9. The second kappa shape index (κ2) is 7.73. The van der Waals surface area contributed by atoms with E-state index in [0.717, 1.165) is 12.1 Å². The lowest BCUT2D eigenvalue weighted by Gasteiger charge is -2.24. The van der Waals surface area contributed by atoms with Gasteiger partial charge in [-0.3, -0.25) is 9.59 Å². The Bertz CT molecular complexity index is 1190. The molecule has 6 nitrogen and oxygen atoms in total. The smallest absolute Gasteiger partial charge is 0.324 e. The average Bonchev–Trinajstić information content (AvgIpc) is 3.03. The Hall–Kier alpha value is -3.33. The summed E-state index contributed by atoms with van der Waals surface area (Å²) in [5.74, 6) is -0.677. The Morgan fingerprint density at radius 3 is 2.68 bits per heavy atom. The summed E-state index contributed by atoms with van der Waals surface area (Å²) >= 11 is 6.06. The highest BCUT2D eigenvalue weighted by Crippen LogP contribution is 2.35. The molecule has 1 aliphatic heterocycles. The van der Waals surface area contributed by atoms with E-state index in [1.165, 1.54) is 16.8 Å². The minimum Gasteiger partial charge on any atom is -0.324 e. The molecule has 3 aromatic rings. The van der Waals surface area contributed by atoms with Crippen LogP contribution in [-0.2, 0) is 15.8 Å². The van der Waals surface area contributed by atoms with Crippen molar-refractivity contribution >= 4 is 34.9 Å². The Labute approximate surface area is 180 Å². The molecular formula is C21H16ClF3N4O2. The highest BCUT2D eigenvalue weighted by Gasteiger charge is 2.35. The number of hydrogen-bond acceptors (Lipinski definition) is 3. The molecule has 1 atom stereocenters. The van der Waals surface area contributed by atoms with Gasteiger partial charge in [0.25, 0.3) is 0 Å². The number of nitrogens with zero attached hydrogens (tertiary/aromatic N) is 2. The summed E-state index contributed by atoms with van der Waals surface area (Å²) in [4.78, 5) is 25.1. The van der Waals surface area contributed by atoms with E-state index in [1.807, 2.05) is 0 Å². The van der Waals surface area contributed by atoms with Crippen molar-refractivity contribution in [2.75, 3.05) is 10.6 Å². The zero-order chi connectivity index (χ0) is 22.3. The fraction of sp³-hybridized carbons (Fsp3) is 0.190. The number of anilines is 2. The molecule has 0 radical (unpaired) electrons. The molecule has 1 aromatic heterocycles. The SMILES string of the molecule is Cc1c(-c2cccc(Cl)c2)nn2c1NC(=O)C[C@H]2C(=O)Nc1cccc(C(F)(F)F)c1. The van der Waals surface area contributed by atoms with Gasteiger partial charge in [0, 0.05) is 21.8 Å². The topological polar surface area (TPSA) is 76.0 Å². The highest BCUT2D eigenvalue weighted by atomic mass is 35.5. The number of nitrogens with one attached hydrogen (secondary N) is 2. The van der Waals surface area contributed by atoms with E-state index in [-0.39, 0.29) is 12.1 Å². The summed E-state index contributed by atoms with van der Waals surface area (Å²) in [6.07, 6.45) is -4.74. The summed E-state index contributed by atoms with van der Waals surface area (Å²) in [6, 6.07) is 10.3. The van der Waals surface area contributed by atoms with E-state index in [4.69, 9.17) is 11.6 Å². The molecule has 0 unspecified atom stereocenters. The van der Waals surface area contributed by atoms with Gasteiger partial charge in [-0.15, -0.1) is 0 Å². The van der Waals surface area contributed by atoms with E-state index >= 15 is 0 Å². The van der Waals surface area contributed by atoms with Gasteiger partial charge in [-0.25, -0.2) is 4.68 Å². The predicted octanol–water partition coefficient (Wildman–Crippen LogP) is 5.05. The van der Waals surface area contributed by atoms with Gasteiger partial charge < -0.3 is 10.6 Å². The molecule has 10 heteroatoms. The molecule has 2 heterocycles. The molecule has 0 saturated carbocycles. The normalized spacial score (nSPS) is 15.9. The molecule has 31 heavy (non-hydrogen) atoms. The van der Waals surface area contributed by atoms with Crippen LogP contribution in [0.15, 0.2) is 48.5 Å². The van der Waals surface area contributed by atoms with Crippen LogP contribution < -0.4 is 10.6 Å². The quantitative estimate of drug-likeness (QED) is 0.588. The average molecular weight is 449 g/mol. The molecule has 4 rings (SSSR count). The van der Waals surface area contributed by atoms with Crippen LogP contribution in [0.1, 0.15) is 23.6 Å². The third-order valence-corrected chi connectivity index (χ3v) is 5.17. The lowest BCUT2D eigenvalue weighted by Crippen LogP contribution is -2.36. The van der Waals surface area contributed by atoms with Crippen molar-refractivity contribution < 1.29 is 22.8 Å². The van der Waals surface area contributed by atoms with Crippen molar-refractivity contribution in [2.45, 2.75) is 25.6 Å². The number of carbonyl (C=O) groups is 2. The number of carbonyl (C=O) groups excluding carboxylic acids is 2. The Morgan fingerprint density at radius 1 is 1.23 bits per heavy atom. The minimum atomic E-state index is -4.54. The van der Waals surface area contributed by atoms with Crippen LogP contribution in [0.25, 0.3) is 11.3 Å². The fourth-order valence-electron chi connectivity index (χ4n) is 3.45. The van der Waals surface area contributed by atoms with Crippen LogP contribution >= 0.6 is 11.6 Å². The van der Waals surface area contributed by atoms with E-state index in [9.17, 15) is 22.8 Å². The number of benzene rings is 2. The number of aromatic nitrogens is 2. The van der Waals surface area contributed by atoms with Gasteiger partial charge in [0.05, 0.1) is 17.7 Å². The molecular weight excluding hydrogens is 433 g/mol. The van der Waals surface area contributed by atoms with Crippen LogP contribution in [0.4, 0.5) is 24.7 Å². The Morgan fingerprint density at radius 2 is 1.97 bits per heavy atom. The number of rotatable bonds is 3. The second-order valence-corrected chi connectivity index (χ2v) is 7.55. The molecule has 0 bridgehead atoms. The summed E-state index contributed by atoms with van der Waals surface area (Å²) < 4.78 is 40.3. The van der Waals surface area contributed by atoms with Gasteiger partial charge >= 0.3 is 6.18 Å². The van der Waals surface area contributed by atoms with Gasteiger partial charge in [0.15, 0.2) is 0 Å². The number of amides is 2. The van der Waals surface area contributed by atoms with Crippen molar-refractivity contribution in [3.63, 3.8) is 0 Å². The summed E-state index contributed by atoms with van der Waals surface area (Å²) in [5.41, 5.74) is 0.985. The molecule has 0 spiro atoms. The van der Waals surface area contributed by atoms with E-state index in [1.54, 1.807) is 31.2 Å². The van der Waals surface area contributed by atoms with Crippen LogP contribution in [0.3, 0.4) is 0 Å². The minimum absolute atomic E-state index is 0.0219. The summed E-state index contributed by atoms with van der Waals surface area (Å²) in [5, 5.41) is 10.2. The zero-order valence-electron chi connectivity index (χ0n) is 16.1. The Kier molecular flexibility index (Phi) is 5.22. The predicted molar refractivity (Wildman–Crippen MR) is 110 cm³/mol. The first-order valence-corrected chi connectivity index (χ1v) is 9.64. The van der Waals surface area contributed by atoms with E-state index in [2.05, 4.69) is 15.7 Å². The maximum atomic E-state index is 13.0. The molecule has 2 aromatic carbocycles. The Balaban J connectivity index is 1.67. The fourth-order valence-corrected chi connectivity index (χ4v) is 3.64. The number of alkyl halides is 3. The van der Waals surface area contributed by atoms with Gasteiger partial charge in [0.2, 0.25) is 11.8 Å². The van der Waals surface area contributed by atoms with Crippen LogP contribution in [0, 0.1) is 6.92 Å². The molecule has 0 saturated heterocycles. The number of halogens is 4. The number of hydrogen-bond donors (Lipinski definition) is 2. The number of fused-ring (bicyclic) bond motifs is 1. The first-order chi connectivity index (χ1) is 14.6. The monoisotopic (exact) mass is 448 g/mol. The third-order valence-electron chi connectivity index (χ3n) is 4.94. The van der Waals surface area contributed by atoms with Crippen molar-refractivity contribution in [3.8, 4) is 11.3 Å². The van der Waals surface area contributed by atoms with Crippen LogP contribution in [0.2, 0.25) is 5.02 Å². The molecule has 0 fully saturated rings. The summed E-state index contributed by atoms with van der Waals surface area (Å²) in [6.45, 7) is 1.75. The first-order valence-electron chi connectivity index (χ1n) is 9.26. The van der Waals surface area contributed by atoms with Crippen molar-refractivity contribution in [2.24, 2.45) is 0 Å². The van der Waals surface area contributed by atoms with E-state index in [0.29, 0.717) is 27.7 Å². The maximum absolute atomic E-state index is 13.0. The summed E-state index contributed by atoms with van der Waals surface area (Å²) in [7, 11) is 0. The maximum Gasteiger partial charge on any atom is 0.416 e. The van der Waals surface area contributed by atoms with Crippen molar-refractivity contribution in [1.82, 2.24) is 9.78 Å². The molecule has 2 amide bonds. The highest BCUT2D eigenvalue weighted by molar-refractivity contribution is 6.30. The van der Waals surface area contributed by atoms with Crippen LogP contribution in [0.5, 0.6) is 0 Å². The zero-order valence-corrected chi connectivity index (χ0v) is 16.9. The molecule has 0 aliphatic carbocycles.